The van der Waals surface area contributed by atoms with Gasteiger partial charge in [-0.3, -0.25) is 9.59 Å². The molecule has 1 aliphatic heterocycles. The molecule has 0 unspecified atom stereocenters. The molecule has 7 nitrogen and oxygen atoms in total. The van der Waals surface area contributed by atoms with Crippen molar-refractivity contribution in [3.05, 3.63) is 64.7 Å². The maximum atomic E-state index is 13.1. The molecule has 0 radical (unpaired) electrons. The molecule has 2 aromatic carbocycles. The molecule has 0 aromatic heterocycles. The van der Waals surface area contributed by atoms with E-state index >= 15 is 0 Å². The number of piperazine rings is 1. The van der Waals surface area contributed by atoms with Gasteiger partial charge in [-0.05, 0) is 23.8 Å². The molecule has 0 N–H and O–H groups in total. The largest absolute Gasteiger partial charge is 0.339 e. The summed E-state index contributed by atoms with van der Waals surface area (Å²) in [5, 5.41) is 0.195. The summed E-state index contributed by atoms with van der Waals surface area (Å²) >= 11 is 6.27. The number of hydrogen-bond acceptors (Lipinski definition) is 4. The summed E-state index contributed by atoms with van der Waals surface area (Å²) in [7, 11) is -2.32. The molecule has 0 bridgehead atoms. The third-order valence-electron chi connectivity index (χ3n) is 5.50. The molecule has 172 valence electrons. The molecule has 1 heterocycles. The maximum absolute atomic E-state index is 13.1. The number of rotatable bonds is 6. The first kappa shape index (κ1) is 24.2. The molecule has 2 aromatic rings. The van der Waals surface area contributed by atoms with Crippen molar-refractivity contribution in [3.63, 3.8) is 0 Å². The topological polar surface area (TPSA) is 78.0 Å². The average Bonchev–Trinajstić information content (AvgIpc) is 2.79. The van der Waals surface area contributed by atoms with Crippen molar-refractivity contribution < 1.29 is 18.0 Å². The zero-order valence-electron chi connectivity index (χ0n) is 18.5. The fraction of sp³-hybridized carbons (Fsp3) is 0.391. The molecule has 0 spiro atoms. The van der Waals surface area contributed by atoms with Gasteiger partial charge in [0, 0.05) is 45.7 Å². The highest BCUT2D eigenvalue weighted by atomic mass is 35.5. The predicted molar refractivity (Wildman–Crippen MR) is 124 cm³/mol. The predicted octanol–water partition coefficient (Wildman–Crippen LogP) is 3.10. The smallest absolute Gasteiger partial charge is 0.255 e. The molecular weight excluding hydrogens is 450 g/mol. The Hall–Kier alpha value is -2.42. The quantitative estimate of drug-likeness (QED) is 0.640. The number of halogens is 1. The van der Waals surface area contributed by atoms with Crippen LogP contribution in [0.4, 0.5) is 0 Å². The van der Waals surface area contributed by atoms with E-state index in [4.69, 9.17) is 11.6 Å². The second-order valence-electron chi connectivity index (χ2n) is 8.16. The summed E-state index contributed by atoms with van der Waals surface area (Å²) in [6.45, 7) is 5.54. The maximum Gasteiger partial charge on any atom is 0.255 e. The van der Waals surface area contributed by atoms with E-state index in [0.717, 1.165) is 5.56 Å². The Morgan fingerprint density at radius 2 is 1.59 bits per heavy atom. The van der Waals surface area contributed by atoms with Crippen LogP contribution in [0.1, 0.15) is 29.8 Å². The molecule has 2 amide bonds. The van der Waals surface area contributed by atoms with E-state index < -0.39 is 10.0 Å². The van der Waals surface area contributed by atoms with Gasteiger partial charge < -0.3 is 9.80 Å². The lowest BCUT2D eigenvalue weighted by atomic mass is 10.1. The number of sulfonamides is 1. The SMILES string of the molecule is CC(C)C(=O)N1CCN(C(=O)c2cc(S(=O)(=O)N(C)Cc3ccccc3)ccc2Cl)CC1. The highest BCUT2D eigenvalue weighted by Crippen LogP contribution is 2.25. The second kappa shape index (κ2) is 10.0. The van der Waals surface area contributed by atoms with Gasteiger partial charge in [-0.25, -0.2) is 8.42 Å². The minimum absolute atomic E-state index is 0.0114. The van der Waals surface area contributed by atoms with E-state index in [1.165, 1.54) is 29.6 Å². The Morgan fingerprint density at radius 3 is 2.19 bits per heavy atom. The van der Waals surface area contributed by atoms with Crippen LogP contribution in [0.2, 0.25) is 5.02 Å². The Balaban J connectivity index is 1.76. The Bertz CT molecular complexity index is 1080. The molecule has 1 aliphatic rings. The van der Waals surface area contributed by atoms with Crippen LogP contribution < -0.4 is 0 Å². The van der Waals surface area contributed by atoms with Gasteiger partial charge >= 0.3 is 0 Å². The summed E-state index contributed by atoms with van der Waals surface area (Å²) in [6, 6.07) is 13.5. The highest BCUT2D eigenvalue weighted by Gasteiger charge is 2.29. The summed E-state index contributed by atoms with van der Waals surface area (Å²) < 4.78 is 27.4. The number of benzene rings is 2. The lowest BCUT2D eigenvalue weighted by Crippen LogP contribution is -2.51. The van der Waals surface area contributed by atoms with Crippen LogP contribution in [-0.2, 0) is 21.4 Å². The highest BCUT2D eigenvalue weighted by molar-refractivity contribution is 7.89. The van der Waals surface area contributed by atoms with Crippen molar-refractivity contribution in [2.75, 3.05) is 33.2 Å². The Labute approximate surface area is 194 Å². The zero-order chi connectivity index (χ0) is 23.5. The molecule has 0 atom stereocenters. The molecule has 3 rings (SSSR count). The van der Waals surface area contributed by atoms with E-state index in [-0.39, 0.29) is 39.8 Å². The van der Waals surface area contributed by atoms with Gasteiger partial charge in [0.2, 0.25) is 15.9 Å². The van der Waals surface area contributed by atoms with Crippen molar-refractivity contribution in [2.24, 2.45) is 5.92 Å². The lowest BCUT2D eigenvalue weighted by molar-refractivity contribution is -0.135. The molecule has 1 saturated heterocycles. The average molecular weight is 478 g/mol. The van der Waals surface area contributed by atoms with Gasteiger partial charge in [0.15, 0.2) is 0 Å². The molecular formula is C23H28ClN3O4S. The normalized spacial score (nSPS) is 14.8. The standard InChI is InChI=1S/C23H28ClN3O4S/c1-17(2)22(28)26-11-13-27(14-12-26)23(29)20-15-19(9-10-21(20)24)32(30,31)25(3)16-18-7-5-4-6-8-18/h4-10,15,17H,11-14,16H2,1-3H3. The van der Waals surface area contributed by atoms with Gasteiger partial charge in [0.25, 0.3) is 5.91 Å². The van der Waals surface area contributed by atoms with Crippen LogP contribution in [0.15, 0.2) is 53.4 Å². The minimum Gasteiger partial charge on any atom is -0.339 e. The van der Waals surface area contributed by atoms with Crippen LogP contribution >= 0.6 is 11.6 Å². The molecule has 1 fully saturated rings. The van der Waals surface area contributed by atoms with E-state index in [2.05, 4.69) is 0 Å². The summed E-state index contributed by atoms with van der Waals surface area (Å²) in [6.07, 6.45) is 0. The number of amides is 2. The van der Waals surface area contributed by atoms with E-state index in [9.17, 15) is 18.0 Å². The number of hydrogen-bond donors (Lipinski definition) is 0. The van der Waals surface area contributed by atoms with Gasteiger partial charge in [-0.15, -0.1) is 0 Å². The molecule has 32 heavy (non-hydrogen) atoms. The minimum atomic E-state index is -3.82. The second-order valence-corrected chi connectivity index (χ2v) is 10.6. The summed E-state index contributed by atoms with van der Waals surface area (Å²) in [5.74, 6) is -0.374. The first-order valence-corrected chi connectivity index (χ1v) is 12.3. The third kappa shape index (κ3) is 5.31. The Morgan fingerprint density at radius 1 is 1.00 bits per heavy atom. The number of carbonyl (C=O) groups excluding carboxylic acids is 2. The van der Waals surface area contributed by atoms with Crippen molar-refractivity contribution >= 4 is 33.4 Å². The fourth-order valence-corrected chi connectivity index (χ4v) is 4.98. The van der Waals surface area contributed by atoms with Gasteiger partial charge in [-0.1, -0.05) is 55.8 Å². The Kier molecular flexibility index (Phi) is 7.59. The summed E-state index contributed by atoms with van der Waals surface area (Å²) in [4.78, 5) is 28.6. The fourth-order valence-electron chi connectivity index (χ4n) is 3.60. The molecule has 0 aliphatic carbocycles. The monoisotopic (exact) mass is 477 g/mol. The molecule has 9 heteroatoms. The van der Waals surface area contributed by atoms with Gasteiger partial charge in [0.1, 0.15) is 0 Å². The van der Waals surface area contributed by atoms with Crippen molar-refractivity contribution in [2.45, 2.75) is 25.3 Å². The van der Waals surface area contributed by atoms with E-state index in [1.54, 1.807) is 9.80 Å². The number of nitrogens with zero attached hydrogens (tertiary/aromatic N) is 3. The van der Waals surface area contributed by atoms with Crippen LogP contribution in [0.3, 0.4) is 0 Å². The van der Waals surface area contributed by atoms with Crippen LogP contribution in [0, 0.1) is 5.92 Å². The van der Waals surface area contributed by atoms with E-state index in [0.29, 0.717) is 26.2 Å². The van der Waals surface area contributed by atoms with Crippen LogP contribution in [0.25, 0.3) is 0 Å². The van der Waals surface area contributed by atoms with Crippen LogP contribution in [0.5, 0.6) is 0 Å². The van der Waals surface area contributed by atoms with Crippen molar-refractivity contribution in [3.8, 4) is 0 Å². The third-order valence-corrected chi connectivity index (χ3v) is 7.63. The lowest BCUT2D eigenvalue weighted by Gasteiger charge is -2.35. The first-order valence-electron chi connectivity index (χ1n) is 10.5. The number of carbonyl (C=O) groups is 2. The zero-order valence-corrected chi connectivity index (χ0v) is 20.1. The molecule has 0 saturated carbocycles. The van der Waals surface area contributed by atoms with E-state index in [1.807, 2.05) is 44.2 Å². The van der Waals surface area contributed by atoms with Gasteiger partial charge in [-0.2, -0.15) is 4.31 Å². The summed E-state index contributed by atoms with van der Waals surface area (Å²) in [5.41, 5.74) is 1.00. The first-order chi connectivity index (χ1) is 15.1. The van der Waals surface area contributed by atoms with Crippen LogP contribution in [-0.4, -0.2) is 67.6 Å². The van der Waals surface area contributed by atoms with Crippen molar-refractivity contribution in [1.82, 2.24) is 14.1 Å². The van der Waals surface area contributed by atoms with Gasteiger partial charge in [0.05, 0.1) is 15.5 Å². The van der Waals surface area contributed by atoms with Crippen molar-refractivity contribution in [1.29, 1.82) is 0 Å².